The minimum atomic E-state index is 0.0997. The summed E-state index contributed by atoms with van der Waals surface area (Å²) in [5.74, 6) is 2.05. The van der Waals surface area contributed by atoms with Crippen LogP contribution in [0.4, 0.5) is 28.4 Å². The Bertz CT molecular complexity index is 3710. The number of aryl methyl sites for hydroxylation is 2. The lowest BCUT2D eigenvalue weighted by atomic mass is 9.88. The number of rotatable bonds is 10. The Morgan fingerprint density at radius 3 is 1.76 bits per heavy atom. The Hall–Kier alpha value is -8.32. The first-order valence-electron chi connectivity index (χ1n) is 23.0. The van der Waals surface area contributed by atoms with E-state index in [0.717, 1.165) is 132 Å². The molecule has 0 amide bonds. The molecule has 0 N–H and O–H groups in total. The summed E-state index contributed by atoms with van der Waals surface area (Å²) < 4.78 is 14.0. The number of benzene rings is 9. The first kappa shape index (κ1) is 39.3. The van der Waals surface area contributed by atoms with Crippen molar-refractivity contribution in [3.05, 3.63) is 203 Å². The lowest BCUT2D eigenvalue weighted by Gasteiger charge is -2.32. The summed E-state index contributed by atoms with van der Waals surface area (Å²) in [6, 6.07) is 57.7. The first-order valence-corrected chi connectivity index (χ1v) is 23.0. The summed E-state index contributed by atoms with van der Waals surface area (Å²) in [6.45, 7) is 4.42. The van der Waals surface area contributed by atoms with Crippen molar-refractivity contribution >= 4 is 82.7 Å². The molecule has 10 aromatic rings. The number of hydrogen-bond donors (Lipinski definition) is 0. The number of furan rings is 1. The van der Waals surface area contributed by atoms with Crippen LogP contribution in [0.1, 0.15) is 66.8 Å². The SMILES string of the molecule is CCCc1cccc2c1OC1=C(N(c3ccc(C#N)cc3)c3ccc4ccc5c(N(c6ccc(C#N)cc6)c6cccc7c6oc6c(CCC)cccc67)ccc6ccc3c4c65)C=CCC12. The zero-order valence-corrected chi connectivity index (χ0v) is 36.8. The van der Waals surface area contributed by atoms with Gasteiger partial charge in [-0.3, -0.25) is 0 Å². The van der Waals surface area contributed by atoms with Crippen LogP contribution in [0, 0.1) is 22.7 Å². The second kappa shape index (κ2) is 15.7. The quantitative estimate of drug-likeness (QED) is 0.128. The molecule has 0 bridgehead atoms. The number of ether oxygens (including phenoxy) is 1. The minimum absolute atomic E-state index is 0.0997. The third-order valence-corrected chi connectivity index (χ3v) is 13.6. The average molecular weight is 853 g/mol. The summed E-state index contributed by atoms with van der Waals surface area (Å²) in [6.07, 6.45) is 9.30. The van der Waals surface area contributed by atoms with Crippen molar-refractivity contribution in [3.63, 3.8) is 0 Å². The first-order chi connectivity index (χ1) is 32.6. The highest BCUT2D eigenvalue weighted by atomic mass is 16.5. The van der Waals surface area contributed by atoms with Gasteiger partial charge >= 0.3 is 0 Å². The fourth-order valence-corrected chi connectivity index (χ4v) is 10.7. The molecule has 0 saturated carbocycles. The van der Waals surface area contributed by atoms with Gasteiger partial charge in [0, 0.05) is 38.5 Å². The van der Waals surface area contributed by atoms with Gasteiger partial charge in [0.05, 0.1) is 51.9 Å². The number of hydrogen-bond acceptors (Lipinski definition) is 6. The van der Waals surface area contributed by atoms with E-state index in [1.165, 1.54) is 16.7 Å². The van der Waals surface area contributed by atoms with E-state index in [-0.39, 0.29) is 5.92 Å². The molecular weight excluding hydrogens is 809 g/mol. The largest absolute Gasteiger partial charge is 0.458 e. The van der Waals surface area contributed by atoms with Crippen molar-refractivity contribution in [2.75, 3.05) is 9.80 Å². The van der Waals surface area contributed by atoms with E-state index >= 15 is 0 Å². The van der Waals surface area contributed by atoms with E-state index in [2.05, 4.69) is 151 Å². The van der Waals surface area contributed by atoms with Crippen LogP contribution < -0.4 is 14.5 Å². The van der Waals surface area contributed by atoms with E-state index in [9.17, 15) is 10.5 Å². The fraction of sp³-hybridized carbons (Fsp3) is 0.133. The second-order valence-electron chi connectivity index (χ2n) is 17.5. The molecular formula is C60H44N4O2. The van der Waals surface area contributed by atoms with Crippen LogP contribution in [0.2, 0.25) is 0 Å². The lowest BCUT2D eigenvalue weighted by Crippen LogP contribution is -2.21. The Labute approximate surface area is 383 Å². The molecule has 1 unspecified atom stereocenters. The maximum Gasteiger partial charge on any atom is 0.159 e. The molecule has 6 heteroatoms. The van der Waals surface area contributed by atoms with Gasteiger partial charge in [0.15, 0.2) is 5.58 Å². The van der Waals surface area contributed by atoms with Crippen LogP contribution in [0.3, 0.4) is 0 Å². The zero-order valence-electron chi connectivity index (χ0n) is 36.8. The molecule has 6 nitrogen and oxygen atoms in total. The molecule has 0 saturated heterocycles. The molecule has 316 valence electrons. The monoisotopic (exact) mass is 852 g/mol. The Morgan fingerprint density at radius 2 is 1.11 bits per heavy atom. The molecule has 2 heterocycles. The summed E-state index contributed by atoms with van der Waals surface area (Å²) in [5, 5.41) is 28.7. The Kier molecular flexibility index (Phi) is 9.37. The maximum atomic E-state index is 9.84. The Balaban J connectivity index is 1.09. The van der Waals surface area contributed by atoms with Gasteiger partial charge in [-0.1, -0.05) is 118 Å². The van der Waals surface area contributed by atoms with Gasteiger partial charge in [0.1, 0.15) is 17.1 Å². The van der Waals surface area contributed by atoms with Crippen molar-refractivity contribution < 1.29 is 9.15 Å². The van der Waals surface area contributed by atoms with Crippen molar-refractivity contribution in [2.24, 2.45) is 0 Å². The van der Waals surface area contributed by atoms with Crippen LogP contribution in [-0.2, 0) is 12.8 Å². The minimum Gasteiger partial charge on any atom is -0.458 e. The molecule has 1 aliphatic carbocycles. The van der Waals surface area contributed by atoms with Crippen molar-refractivity contribution in [1.82, 2.24) is 0 Å². The summed E-state index contributed by atoms with van der Waals surface area (Å²) in [4.78, 5) is 4.62. The highest BCUT2D eigenvalue weighted by Crippen LogP contribution is 2.52. The number of nitrogens with zero attached hydrogens (tertiary/aromatic N) is 4. The third kappa shape index (κ3) is 6.06. The highest BCUT2D eigenvalue weighted by molar-refractivity contribution is 6.28. The van der Waals surface area contributed by atoms with E-state index in [1.807, 2.05) is 48.5 Å². The number of nitriles is 2. The molecule has 2 aliphatic rings. The third-order valence-electron chi connectivity index (χ3n) is 13.6. The van der Waals surface area contributed by atoms with E-state index in [1.54, 1.807) is 0 Å². The summed E-state index contributed by atoms with van der Waals surface area (Å²) in [7, 11) is 0. The number of anilines is 5. The average Bonchev–Trinajstić information content (AvgIpc) is 3.95. The van der Waals surface area contributed by atoms with E-state index < -0.39 is 0 Å². The molecule has 12 rings (SSSR count). The van der Waals surface area contributed by atoms with Crippen LogP contribution >= 0.6 is 0 Å². The number of allylic oxidation sites excluding steroid dienone is 3. The standard InChI is InChI=1S/C60H44N4O2/c1-3-9-41-11-5-13-45-47-15-7-17-53(59(47)65-57(41)45)63(43-27-19-37(35-61)20-28-43)51-33-25-39-24-32-50-52(34-26-40-23-31-49(51)55(39)56(40)50)64(44-29-21-38(36-62)22-30-44)54-18-8-16-48-46-14-6-12-42(10-4-2)58(46)66-60(48)54/h5-8,11-15,17-34,48H,3-4,9-10,16H2,1-2H3. The van der Waals surface area contributed by atoms with E-state index in [4.69, 9.17) is 9.15 Å². The topological polar surface area (TPSA) is 76.4 Å². The molecule has 1 aromatic heterocycles. The molecule has 1 atom stereocenters. The molecule has 0 radical (unpaired) electrons. The fourth-order valence-electron chi connectivity index (χ4n) is 10.7. The van der Waals surface area contributed by atoms with Crippen molar-refractivity contribution in [3.8, 4) is 17.9 Å². The molecule has 1 aliphatic heterocycles. The number of para-hydroxylation sites is 3. The Morgan fingerprint density at radius 1 is 0.545 bits per heavy atom. The predicted molar refractivity (Wildman–Crippen MR) is 269 cm³/mol. The lowest BCUT2D eigenvalue weighted by molar-refractivity contribution is 0.414. The van der Waals surface area contributed by atoms with Crippen LogP contribution in [0.25, 0.3) is 54.3 Å². The molecule has 66 heavy (non-hydrogen) atoms. The second-order valence-corrected chi connectivity index (χ2v) is 17.5. The van der Waals surface area contributed by atoms with Gasteiger partial charge in [-0.2, -0.15) is 10.5 Å². The predicted octanol–water partition coefficient (Wildman–Crippen LogP) is 16.1. The summed E-state index contributed by atoms with van der Waals surface area (Å²) in [5.41, 5.74) is 12.4. The van der Waals surface area contributed by atoms with Gasteiger partial charge in [-0.25, -0.2) is 0 Å². The molecule has 0 spiro atoms. The summed E-state index contributed by atoms with van der Waals surface area (Å²) >= 11 is 0. The maximum absolute atomic E-state index is 9.84. The van der Waals surface area contributed by atoms with Gasteiger partial charge in [-0.15, -0.1) is 0 Å². The van der Waals surface area contributed by atoms with Gasteiger partial charge in [0.25, 0.3) is 0 Å². The molecule has 0 fully saturated rings. The highest BCUT2D eigenvalue weighted by Gasteiger charge is 2.37. The van der Waals surface area contributed by atoms with Crippen LogP contribution in [0.5, 0.6) is 5.75 Å². The van der Waals surface area contributed by atoms with Gasteiger partial charge in [-0.05, 0) is 125 Å². The van der Waals surface area contributed by atoms with Gasteiger partial charge < -0.3 is 19.0 Å². The normalized spacial score (nSPS) is 14.2. The number of fused-ring (bicyclic) bond motifs is 6. The van der Waals surface area contributed by atoms with Gasteiger partial charge in [0.2, 0.25) is 0 Å². The van der Waals surface area contributed by atoms with Crippen molar-refractivity contribution in [2.45, 2.75) is 51.9 Å². The van der Waals surface area contributed by atoms with Crippen LogP contribution in [-0.4, -0.2) is 0 Å². The van der Waals surface area contributed by atoms with Crippen LogP contribution in [0.15, 0.2) is 180 Å². The van der Waals surface area contributed by atoms with E-state index in [0.29, 0.717) is 11.1 Å². The smallest absolute Gasteiger partial charge is 0.159 e. The molecule has 9 aromatic carbocycles. The zero-order chi connectivity index (χ0) is 44.5. The van der Waals surface area contributed by atoms with Crippen molar-refractivity contribution in [1.29, 1.82) is 10.5 Å².